The van der Waals surface area contributed by atoms with Crippen LogP contribution in [0.25, 0.3) is 0 Å². The van der Waals surface area contributed by atoms with E-state index < -0.39 is 0 Å². The van der Waals surface area contributed by atoms with Gasteiger partial charge in [-0.15, -0.1) is 0 Å². The highest BCUT2D eigenvalue weighted by atomic mass is 16.3. The number of hydrogen-bond donors (Lipinski definition) is 3. The van der Waals surface area contributed by atoms with Crippen molar-refractivity contribution in [3.05, 3.63) is 23.3 Å². The fourth-order valence-corrected chi connectivity index (χ4v) is 6.04. The van der Waals surface area contributed by atoms with Crippen molar-refractivity contribution in [3.8, 4) is 0 Å². The molecule has 0 amide bonds. The second-order valence-corrected chi connectivity index (χ2v) is 8.57. The van der Waals surface area contributed by atoms with Gasteiger partial charge in [-0.05, 0) is 61.3 Å². The molecule has 4 rings (SSSR count). The second-order valence-electron chi connectivity index (χ2n) is 8.57. The lowest BCUT2D eigenvalue weighted by atomic mass is 9.50. The van der Waals surface area contributed by atoms with E-state index in [0.717, 1.165) is 38.5 Å². The molecule has 0 aromatic heterocycles. The lowest BCUT2D eigenvalue weighted by molar-refractivity contribution is 0.00254. The molecule has 22 heavy (non-hydrogen) atoms. The summed E-state index contributed by atoms with van der Waals surface area (Å²) in [5, 5.41) is 21.3. The number of rotatable bonds is 0. The Hall–Kier alpha value is -0.640. The van der Waals surface area contributed by atoms with Crippen LogP contribution < -0.4 is 5.73 Å². The van der Waals surface area contributed by atoms with Gasteiger partial charge in [0.2, 0.25) is 0 Å². The third-order valence-electron chi connectivity index (χ3n) is 7.53. The van der Waals surface area contributed by atoms with Crippen LogP contribution in [0.2, 0.25) is 0 Å². The van der Waals surface area contributed by atoms with Gasteiger partial charge < -0.3 is 15.9 Å². The van der Waals surface area contributed by atoms with E-state index in [-0.39, 0.29) is 29.1 Å². The first kappa shape index (κ1) is 14.9. The number of nitrogens with two attached hydrogens (primary N) is 1. The predicted octanol–water partition coefficient (Wildman–Crippen LogP) is 2.53. The van der Waals surface area contributed by atoms with Crippen molar-refractivity contribution in [2.45, 2.75) is 70.6 Å². The van der Waals surface area contributed by atoms with Gasteiger partial charge in [0, 0.05) is 11.5 Å². The summed E-state index contributed by atoms with van der Waals surface area (Å²) in [4.78, 5) is 0. The average molecular weight is 303 g/mol. The largest absolute Gasteiger partial charge is 0.392 e. The van der Waals surface area contributed by atoms with Gasteiger partial charge in [0.05, 0.1) is 12.2 Å². The Morgan fingerprint density at radius 2 is 1.95 bits per heavy atom. The highest BCUT2D eigenvalue weighted by Gasteiger charge is 2.56. The molecule has 0 saturated heterocycles. The fourth-order valence-electron chi connectivity index (χ4n) is 6.04. The van der Waals surface area contributed by atoms with Crippen molar-refractivity contribution < 1.29 is 10.2 Å². The molecule has 3 heteroatoms. The zero-order valence-electron chi connectivity index (χ0n) is 13.8. The smallest absolute Gasteiger partial charge is 0.0758 e. The summed E-state index contributed by atoms with van der Waals surface area (Å²) < 4.78 is 0. The summed E-state index contributed by atoms with van der Waals surface area (Å²) in [7, 11) is 0. The van der Waals surface area contributed by atoms with E-state index in [1.54, 1.807) is 0 Å². The maximum atomic E-state index is 10.9. The maximum Gasteiger partial charge on any atom is 0.0758 e. The third kappa shape index (κ3) is 1.79. The molecule has 122 valence electrons. The molecule has 7 atom stereocenters. The molecule has 2 saturated carbocycles. The lowest BCUT2D eigenvalue weighted by Gasteiger charge is -2.55. The van der Waals surface area contributed by atoms with Crippen LogP contribution in [0, 0.1) is 22.7 Å². The predicted molar refractivity (Wildman–Crippen MR) is 87.1 cm³/mol. The molecule has 3 nitrogen and oxygen atoms in total. The zero-order chi connectivity index (χ0) is 15.7. The normalized spacial score (nSPS) is 54.0. The molecule has 0 aliphatic heterocycles. The maximum absolute atomic E-state index is 10.9. The van der Waals surface area contributed by atoms with E-state index in [9.17, 15) is 10.2 Å². The van der Waals surface area contributed by atoms with Crippen LogP contribution >= 0.6 is 0 Å². The minimum absolute atomic E-state index is 0.0925. The van der Waals surface area contributed by atoms with E-state index in [1.165, 1.54) is 11.1 Å². The van der Waals surface area contributed by atoms with Crippen molar-refractivity contribution in [2.24, 2.45) is 28.4 Å². The van der Waals surface area contributed by atoms with Crippen LogP contribution in [-0.4, -0.2) is 28.5 Å². The Labute approximate surface area is 133 Å². The molecule has 0 heterocycles. The summed E-state index contributed by atoms with van der Waals surface area (Å²) >= 11 is 0. The number of fused-ring (bicyclic) bond motifs is 4. The molecule has 0 unspecified atom stereocenters. The monoisotopic (exact) mass is 303 g/mol. The van der Waals surface area contributed by atoms with E-state index in [0.29, 0.717) is 11.8 Å². The molecule has 4 aliphatic rings. The first-order chi connectivity index (χ1) is 10.4. The minimum Gasteiger partial charge on any atom is -0.392 e. The summed E-state index contributed by atoms with van der Waals surface area (Å²) in [5.41, 5.74) is 8.83. The van der Waals surface area contributed by atoms with Crippen LogP contribution in [0.5, 0.6) is 0 Å². The van der Waals surface area contributed by atoms with E-state index in [4.69, 9.17) is 5.73 Å². The Bertz CT molecular complexity index is 554. The SMILES string of the molecule is C[C@]12C=C[C@H](N)C[C@H]1C[C@H](O)C1=C3CC[C@H](O)[C@@]3(C)CC[C@@H]12. The summed E-state index contributed by atoms with van der Waals surface area (Å²) in [5.74, 6) is 0.908. The molecule has 2 fully saturated rings. The topological polar surface area (TPSA) is 66.5 Å². The van der Waals surface area contributed by atoms with Crippen LogP contribution in [-0.2, 0) is 0 Å². The van der Waals surface area contributed by atoms with Gasteiger partial charge >= 0.3 is 0 Å². The summed E-state index contributed by atoms with van der Waals surface area (Å²) in [6.07, 6.45) is 9.72. The van der Waals surface area contributed by atoms with Gasteiger partial charge in [0.1, 0.15) is 0 Å². The van der Waals surface area contributed by atoms with E-state index in [2.05, 4.69) is 26.0 Å². The molecule has 0 aromatic rings. The first-order valence-corrected chi connectivity index (χ1v) is 8.91. The van der Waals surface area contributed by atoms with Crippen LogP contribution in [0.4, 0.5) is 0 Å². The highest BCUT2D eigenvalue weighted by Crippen LogP contribution is 2.62. The van der Waals surface area contributed by atoms with Crippen molar-refractivity contribution in [1.29, 1.82) is 0 Å². The lowest BCUT2D eigenvalue weighted by Crippen LogP contribution is -2.51. The van der Waals surface area contributed by atoms with Gasteiger partial charge in [0.15, 0.2) is 0 Å². The quantitative estimate of drug-likeness (QED) is 0.602. The third-order valence-corrected chi connectivity index (χ3v) is 7.53. The molecular weight excluding hydrogens is 274 g/mol. The molecule has 0 spiro atoms. The zero-order valence-corrected chi connectivity index (χ0v) is 13.8. The van der Waals surface area contributed by atoms with Crippen molar-refractivity contribution in [1.82, 2.24) is 0 Å². The van der Waals surface area contributed by atoms with Crippen LogP contribution in [0.1, 0.15) is 52.4 Å². The number of aliphatic hydroxyl groups excluding tert-OH is 2. The first-order valence-electron chi connectivity index (χ1n) is 8.91. The van der Waals surface area contributed by atoms with Crippen molar-refractivity contribution >= 4 is 0 Å². The molecule has 0 aromatic carbocycles. The fraction of sp³-hybridized carbons (Fsp3) is 0.789. The summed E-state index contributed by atoms with van der Waals surface area (Å²) in [6.45, 7) is 4.57. The second kappa shape index (κ2) is 4.68. The molecule has 4 aliphatic carbocycles. The van der Waals surface area contributed by atoms with Crippen molar-refractivity contribution in [2.75, 3.05) is 0 Å². The highest BCUT2D eigenvalue weighted by molar-refractivity contribution is 5.39. The van der Waals surface area contributed by atoms with Gasteiger partial charge in [0.25, 0.3) is 0 Å². The molecule has 0 radical (unpaired) electrons. The van der Waals surface area contributed by atoms with E-state index >= 15 is 0 Å². The molecule has 4 N–H and O–H groups in total. The minimum atomic E-state index is -0.332. The summed E-state index contributed by atoms with van der Waals surface area (Å²) in [6, 6.07) is 0.140. The number of hydrogen-bond acceptors (Lipinski definition) is 3. The molecule has 0 bridgehead atoms. The Balaban J connectivity index is 1.82. The standard InChI is InChI=1S/C19H29NO2/c1-18-7-5-12(20)9-11(18)10-15(21)17-13-3-4-16(22)19(13,2)8-6-14(17)18/h5,7,11-12,14-16,21-22H,3-4,6,8-10,20H2,1-2H3/t11-,12-,14-,15-,16-,18-,19-/m0/s1. The van der Waals surface area contributed by atoms with Crippen molar-refractivity contribution in [3.63, 3.8) is 0 Å². The van der Waals surface area contributed by atoms with Gasteiger partial charge in [-0.25, -0.2) is 0 Å². The van der Waals surface area contributed by atoms with Gasteiger partial charge in [-0.1, -0.05) is 31.6 Å². The van der Waals surface area contributed by atoms with Gasteiger partial charge in [-0.3, -0.25) is 0 Å². The van der Waals surface area contributed by atoms with E-state index in [1.807, 2.05) is 0 Å². The average Bonchev–Trinajstić information content (AvgIpc) is 2.77. The van der Waals surface area contributed by atoms with Gasteiger partial charge in [-0.2, -0.15) is 0 Å². The Kier molecular flexibility index (Phi) is 3.18. The van der Waals surface area contributed by atoms with Crippen LogP contribution in [0.15, 0.2) is 23.3 Å². The number of aliphatic hydroxyl groups is 2. The molecular formula is C19H29NO2. The van der Waals surface area contributed by atoms with Crippen LogP contribution in [0.3, 0.4) is 0 Å². The Morgan fingerprint density at radius 3 is 2.73 bits per heavy atom. The Morgan fingerprint density at radius 1 is 1.18 bits per heavy atom. The number of allylic oxidation sites excluding steroid dienone is 1.